The Kier molecular flexibility index (Phi) is 6.98. The summed E-state index contributed by atoms with van der Waals surface area (Å²) in [6, 6.07) is 10.9. The molecule has 0 spiro atoms. The van der Waals surface area contributed by atoms with Crippen molar-refractivity contribution in [2.45, 2.75) is 33.6 Å². The van der Waals surface area contributed by atoms with Crippen molar-refractivity contribution < 1.29 is 23.5 Å². The van der Waals surface area contributed by atoms with Gasteiger partial charge in [-0.15, -0.1) is 0 Å². The quantitative estimate of drug-likeness (QED) is 0.187. The number of hydrogen-bond donors (Lipinski definition) is 0. The molecule has 2 aromatic carbocycles. The molecule has 0 fully saturated rings. The maximum atomic E-state index is 13.1. The van der Waals surface area contributed by atoms with Gasteiger partial charge in [-0.1, -0.05) is 29.8 Å². The van der Waals surface area contributed by atoms with Crippen molar-refractivity contribution >= 4 is 45.2 Å². The van der Waals surface area contributed by atoms with Crippen LogP contribution in [0.25, 0.3) is 21.9 Å². The Morgan fingerprint density at radius 3 is 2.60 bits per heavy atom. The minimum Gasteiger partial charge on any atom is -0.484 e. The Morgan fingerprint density at radius 2 is 1.86 bits per heavy atom. The largest absolute Gasteiger partial charge is 0.484 e. The van der Waals surface area contributed by atoms with Gasteiger partial charge in [0.15, 0.2) is 6.61 Å². The first-order valence-corrected chi connectivity index (χ1v) is 11.7. The predicted molar refractivity (Wildman–Crippen MR) is 135 cm³/mol. The van der Waals surface area contributed by atoms with Crippen LogP contribution >= 0.6 is 11.6 Å². The summed E-state index contributed by atoms with van der Waals surface area (Å²) in [6.45, 7) is 5.47. The second kappa shape index (κ2) is 9.96. The number of aryl methyl sites for hydroxylation is 2. The summed E-state index contributed by atoms with van der Waals surface area (Å²) in [7, 11) is 1.92. The van der Waals surface area contributed by atoms with Crippen LogP contribution in [0.1, 0.15) is 40.5 Å². The Morgan fingerprint density at radius 1 is 1.11 bits per heavy atom. The molecule has 0 aliphatic carbocycles. The molecular formula is C27H26ClNO6. The average Bonchev–Trinajstić information content (AvgIpc) is 3.08. The highest BCUT2D eigenvalue weighted by Crippen LogP contribution is 2.33. The Hall–Kier alpha value is -3.58. The number of ether oxygens (including phenoxy) is 2. The highest BCUT2D eigenvalue weighted by Gasteiger charge is 2.20. The molecule has 4 rings (SSSR count). The minimum absolute atomic E-state index is 0.0789. The third kappa shape index (κ3) is 4.68. The smallest absolute Gasteiger partial charge is 0.339 e. The number of hydrogen-bond acceptors (Lipinski definition) is 6. The van der Waals surface area contributed by atoms with E-state index in [1.165, 1.54) is 6.07 Å². The zero-order valence-electron chi connectivity index (χ0n) is 20.1. The molecule has 7 nitrogen and oxygen atoms in total. The van der Waals surface area contributed by atoms with Crippen molar-refractivity contribution in [3.63, 3.8) is 0 Å². The summed E-state index contributed by atoms with van der Waals surface area (Å²) in [4.78, 5) is 37.4. The number of carbonyl (C=O) groups excluding carboxylic acids is 2. The molecule has 8 heteroatoms. The first-order chi connectivity index (χ1) is 16.7. The van der Waals surface area contributed by atoms with Crippen LogP contribution in [0.4, 0.5) is 0 Å². The maximum absolute atomic E-state index is 13.1. The number of nitrogens with zero attached hydrogens (tertiary/aromatic N) is 1. The summed E-state index contributed by atoms with van der Waals surface area (Å²) in [5.41, 5.74) is 3.26. The van der Waals surface area contributed by atoms with Gasteiger partial charge in [-0.05, 0) is 44.9 Å². The van der Waals surface area contributed by atoms with Gasteiger partial charge in [-0.2, -0.15) is 0 Å². The lowest BCUT2D eigenvalue weighted by Gasteiger charge is -2.12. The van der Waals surface area contributed by atoms with Gasteiger partial charge in [0.1, 0.15) is 11.3 Å². The van der Waals surface area contributed by atoms with E-state index in [-0.39, 0.29) is 48.6 Å². The van der Waals surface area contributed by atoms with Gasteiger partial charge < -0.3 is 18.5 Å². The Bertz CT molecular complexity index is 1510. The number of benzene rings is 2. The van der Waals surface area contributed by atoms with Crippen LogP contribution in [0.5, 0.6) is 5.75 Å². The molecule has 2 aromatic heterocycles. The Balaban J connectivity index is 1.59. The summed E-state index contributed by atoms with van der Waals surface area (Å²) in [5.74, 6) is -0.311. The number of ketones is 1. The van der Waals surface area contributed by atoms with Gasteiger partial charge in [-0.25, -0.2) is 4.79 Å². The topological polar surface area (TPSA) is 87.7 Å². The van der Waals surface area contributed by atoms with Crippen molar-refractivity contribution in [1.29, 1.82) is 0 Å². The first-order valence-electron chi connectivity index (χ1n) is 11.3. The van der Waals surface area contributed by atoms with Crippen molar-refractivity contribution in [3.8, 4) is 5.75 Å². The lowest BCUT2D eigenvalue weighted by Crippen LogP contribution is -2.14. The third-order valence-corrected chi connectivity index (χ3v) is 6.56. The fraction of sp³-hybridized carbons (Fsp3) is 0.296. The number of esters is 1. The summed E-state index contributed by atoms with van der Waals surface area (Å²) in [5, 5.41) is 1.79. The maximum Gasteiger partial charge on any atom is 0.339 e. The fourth-order valence-electron chi connectivity index (χ4n) is 4.34. The molecule has 0 saturated heterocycles. The van der Waals surface area contributed by atoms with Crippen LogP contribution in [-0.4, -0.2) is 29.5 Å². The van der Waals surface area contributed by atoms with E-state index >= 15 is 0 Å². The SMILES string of the molecule is CCOC(=O)CCc1c(C)c2cc(Cl)c(OCC(=O)c3c(C)n(C)c4ccccc34)cc2oc1=O. The zero-order chi connectivity index (χ0) is 25.3. The zero-order valence-corrected chi connectivity index (χ0v) is 20.8. The molecule has 35 heavy (non-hydrogen) atoms. The molecule has 0 bridgehead atoms. The van der Waals surface area contributed by atoms with Gasteiger partial charge in [0.05, 0.1) is 11.6 Å². The van der Waals surface area contributed by atoms with Crippen LogP contribution in [0.15, 0.2) is 45.6 Å². The van der Waals surface area contributed by atoms with Gasteiger partial charge in [0.2, 0.25) is 5.78 Å². The van der Waals surface area contributed by atoms with Crippen molar-refractivity contribution in [3.05, 3.63) is 74.2 Å². The van der Waals surface area contributed by atoms with Crippen LogP contribution in [0.2, 0.25) is 5.02 Å². The average molecular weight is 496 g/mol. The van der Waals surface area contributed by atoms with Crippen LogP contribution in [0.3, 0.4) is 0 Å². The third-order valence-electron chi connectivity index (χ3n) is 6.26. The molecule has 0 saturated carbocycles. The molecule has 0 aliphatic rings. The second-order valence-electron chi connectivity index (χ2n) is 8.33. The van der Waals surface area contributed by atoms with E-state index in [1.54, 1.807) is 19.9 Å². The molecule has 0 amide bonds. The molecule has 4 aromatic rings. The number of halogens is 1. The van der Waals surface area contributed by atoms with Crippen molar-refractivity contribution in [2.75, 3.05) is 13.2 Å². The van der Waals surface area contributed by atoms with Crippen LogP contribution < -0.4 is 10.4 Å². The van der Waals surface area contributed by atoms with E-state index in [1.807, 2.05) is 42.8 Å². The number of para-hydroxylation sites is 1. The van der Waals surface area contributed by atoms with Gasteiger partial charge in [0, 0.05) is 52.6 Å². The lowest BCUT2D eigenvalue weighted by molar-refractivity contribution is -0.143. The van der Waals surface area contributed by atoms with E-state index in [4.69, 9.17) is 25.5 Å². The molecular weight excluding hydrogens is 470 g/mol. The van der Waals surface area contributed by atoms with Crippen LogP contribution in [0, 0.1) is 13.8 Å². The summed E-state index contributed by atoms with van der Waals surface area (Å²) >= 11 is 6.46. The molecule has 0 unspecified atom stereocenters. The molecule has 0 atom stereocenters. The highest BCUT2D eigenvalue weighted by atomic mass is 35.5. The van der Waals surface area contributed by atoms with Gasteiger partial charge in [0.25, 0.3) is 0 Å². The van der Waals surface area contributed by atoms with Crippen molar-refractivity contribution in [2.24, 2.45) is 7.05 Å². The number of carbonyl (C=O) groups is 2. The Labute approximate surface area is 207 Å². The van der Waals surface area contributed by atoms with E-state index in [0.717, 1.165) is 16.6 Å². The van der Waals surface area contributed by atoms with E-state index < -0.39 is 5.63 Å². The number of fused-ring (bicyclic) bond motifs is 2. The second-order valence-corrected chi connectivity index (χ2v) is 8.73. The normalized spacial score (nSPS) is 11.2. The van der Waals surface area contributed by atoms with Gasteiger partial charge in [-0.3, -0.25) is 9.59 Å². The standard InChI is InChI=1S/C27H26ClNO6/c1-5-33-25(31)11-10-17-15(2)19-12-20(28)24(13-23(19)35-27(17)32)34-14-22(30)26-16(3)29(4)21-9-7-6-8-18(21)26/h6-9,12-13H,5,10-11,14H2,1-4H3. The molecule has 182 valence electrons. The molecule has 0 radical (unpaired) electrons. The minimum atomic E-state index is -0.532. The molecule has 2 heterocycles. The van der Waals surface area contributed by atoms with E-state index in [0.29, 0.717) is 27.7 Å². The lowest BCUT2D eigenvalue weighted by atomic mass is 10.0. The summed E-state index contributed by atoms with van der Waals surface area (Å²) in [6.07, 6.45) is 0.285. The van der Waals surface area contributed by atoms with Crippen LogP contribution in [-0.2, 0) is 23.0 Å². The highest BCUT2D eigenvalue weighted by molar-refractivity contribution is 6.32. The summed E-state index contributed by atoms with van der Waals surface area (Å²) < 4.78 is 18.2. The predicted octanol–water partition coefficient (Wildman–Crippen LogP) is 5.31. The fourth-order valence-corrected chi connectivity index (χ4v) is 4.56. The number of aromatic nitrogens is 1. The number of Topliss-reactive ketones (excluding diaryl/α,β-unsaturated/α-hetero) is 1. The molecule has 0 aliphatic heterocycles. The van der Waals surface area contributed by atoms with Gasteiger partial charge >= 0.3 is 11.6 Å². The van der Waals surface area contributed by atoms with E-state index in [2.05, 4.69) is 0 Å². The van der Waals surface area contributed by atoms with E-state index in [9.17, 15) is 14.4 Å². The monoisotopic (exact) mass is 495 g/mol. The molecule has 0 N–H and O–H groups in total. The van der Waals surface area contributed by atoms with Crippen molar-refractivity contribution in [1.82, 2.24) is 4.57 Å². The first kappa shape index (κ1) is 24.5. The number of rotatable bonds is 8.